The minimum atomic E-state index is -0.943. The minimum absolute atomic E-state index is 0.863. The van der Waals surface area contributed by atoms with Gasteiger partial charge in [-0.2, -0.15) is 0 Å². The van der Waals surface area contributed by atoms with E-state index in [1.54, 1.807) is 6.08 Å². The van der Waals surface area contributed by atoms with Crippen LogP contribution in [0.15, 0.2) is 54.6 Å². The molecule has 2 aromatic carbocycles. The highest BCUT2D eigenvalue weighted by Crippen LogP contribution is 2.19. The first-order chi connectivity index (χ1) is 8.25. The summed E-state index contributed by atoms with van der Waals surface area (Å²) in [6.45, 7) is 0. The molecule has 0 aliphatic heterocycles. The Morgan fingerprint density at radius 2 is 2.06 bits per heavy atom. The molecule has 0 unspecified atom stereocenters. The highest BCUT2D eigenvalue weighted by Gasteiger charge is 1.97. The first kappa shape index (κ1) is 11.1. The fraction of sp³-hybridized carbons (Fsp3) is 0. The lowest BCUT2D eigenvalue weighted by molar-refractivity contribution is -0.131. The average molecular weight is 223 g/mol. The lowest BCUT2D eigenvalue weighted by atomic mass is 10.0. The van der Waals surface area contributed by atoms with Gasteiger partial charge in [0.15, 0.2) is 0 Å². The fourth-order valence-electron chi connectivity index (χ4n) is 1.55. The van der Waals surface area contributed by atoms with E-state index in [1.807, 2.05) is 48.5 Å². The van der Waals surface area contributed by atoms with Crippen molar-refractivity contribution >= 4 is 12.0 Å². The van der Waals surface area contributed by atoms with Crippen LogP contribution >= 0.6 is 0 Å². The standard InChI is InChI=1S/C15H11O2/c16-15(17)10-9-12-5-4-8-14(11-12)13-6-2-1-3-7-13/h1-6,8-11H,(H,16,17). The normalized spacial score (nSPS) is 10.6. The first-order valence-corrected chi connectivity index (χ1v) is 5.24. The maximum atomic E-state index is 10.4. The molecule has 0 bridgehead atoms. The number of rotatable bonds is 3. The average Bonchev–Trinajstić information content (AvgIpc) is 2.38. The van der Waals surface area contributed by atoms with Gasteiger partial charge in [-0.05, 0) is 34.9 Å². The number of carbonyl (C=O) groups is 1. The highest BCUT2D eigenvalue weighted by atomic mass is 16.4. The number of hydrogen-bond donors (Lipinski definition) is 1. The van der Waals surface area contributed by atoms with Crippen molar-refractivity contribution in [1.29, 1.82) is 0 Å². The van der Waals surface area contributed by atoms with E-state index in [0.29, 0.717) is 0 Å². The molecule has 0 atom stereocenters. The summed E-state index contributed by atoms with van der Waals surface area (Å²) in [4.78, 5) is 10.4. The molecule has 0 fully saturated rings. The van der Waals surface area contributed by atoms with Crippen LogP contribution in [-0.4, -0.2) is 11.1 Å². The number of benzene rings is 2. The Bertz CT molecular complexity index is 542. The predicted octanol–water partition coefficient (Wildman–Crippen LogP) is 3.25. The molecule has 0 heterocycles. The van der Waals surface area contributed by atoms with Crippen LogP contribution in [0.25, 0.3) is 17.2 Å². The summed E-state index contributed by atoms with van der Waals surface area (Å²) in [6.07, 6.45) is 2.71. The lowest BCUT2D eigenvalue weighted by Crippen LogP contribution is -1.86. The van der Waals surface area contributed by atoms with E-state index in [1.165, 1.54) is 0 Å². The van der Waals surface area contributed by atoms with Gasteiger partial charge in [0.25, 0.3) is 0 Å². The molecule has 0 aliphatic carbocycles. The van der Waals surface area contributed by atoms with Crippen molar-refractivity contribution in [3.05, 3.63) is 66.2 Å². The van der Waals surface area contributed by atoms with Gasteiger partial charge in [-0.1, -0.05) is 42.5 Å². The molecular weight excluding hydrogens is 212 g/mol. The number of carboxylic acid groups (broad SMARTS) is 1. The second-order valence-corrected chi connectivity index (χ2v) is 3.57. The molecule has 1 N–H and O–H groups in total. The molecule has 2 rings (SSSR count). The van der Waals surface area contributed by atoms with Gasteiger partial charge in [0.1, 0.15) is 0 Å². The Morgan fingerprint density at radius 1 is 1.18 bits per heavy atom. The quantitative estimate of drug-likeness (QED) is 0.811. The second-order valence-electron chi connectivity index (χ2n) is 3.57. The summed E-state index contributed by atoms with van der Waals surface area (Å²) in [6, 6.07) is 18.5. The summed E-state index contributed by atoms with van der Waals surface area (Å²) in [7, 11) is 0. The molecule has 0 aromatic heterocycles. The van der Waals surface area contributed by atoms with Crippen molar-refractivity contribution in [2.75, 3.05) is 0 Å². The molecule has 1 radical (unpaired) electrons. The van der Waals surface area contributed by atoms with Crippen molar-refractivity contribution in [3.8, 4) is 11.1 Å². The van der Waals surface area contributed by atoms with Crippen LogP contribution in [-0.2, 0) is 4.79 Å². The molecular formula is C15H11O2. The van der Waals surface area contributed by atoms with E-state index in [2.05, 4.69) is 6.07 Å². The van der Waals surface area contributed by atoms with Crippen LogP contribution in [0.5, 0.6) is 0 Å². The summed E-state index contributed by atoms with van der Waals surface area (Å²) >= 11 is 0. The molecule has 0 spiro atoms. The summed E-state index contributed by atoms with van der Waals surface area (Å²) in [5.74, 6) is -0.943. The van der Waals surface area contributed by atoms with E-state index in [9.17, 15) is 4.79 Å². The number of hydrogen-bond acceptors (Lipinski definition) is 1. The molecule has 83 valence electrons. The lowest BCUT2D eigenvalue weighted by Gasteiger charge is -2.01. The van der Waals surface area contributed by atoms with Crippen LogP contribution in [0.4, 0.5) is 0 Å². The maximum Gasteiger partial charge on any atom is 0.328 e. The summed E-state index contributed by atoms with van der Waals surface area (Å²) < 4.78 is 0. The third-order valence-electron chi connectivity index (χ3n) is 2.33. The largest absolute Gasteiger partial charge is 0.478 e. The zero-order valence-electron chi connectivity index (χ0n) is 9.13. The zero-order chi connectivity index (χ0) is 12.1. The van der Waals surface area contributed by atoms with Crippen LogP contribution in [0.3, 0.4) is 0 Å². The fourth-order valence-corrected chi connectivity index (χ4v) is 1.55. The smallest absolute Gasteiger partial charge is 0.328 e. The Kier molecular flexibility index (Phi) is 3.36. The number of aliphatic carboxylic acids is 1. The maximum absolute atomic E-state index is 10.4. The van der Waals surface area contributed by atoms with Gasteiger partial charge in [-0.25, -0.2) is 4.79 Å². The van der Waals surface area contributed by atoms with Gasteiger partial charge in [0.2, 0.25) is 0 Å². The van der Waals surface area contributed by atoms with Crippen molar-refractivity contribution < 1.29 is 9.90 Å². The van der Waals surface area contributed by atoms with Gasteiger partial charge >= 0.3 is 5.97 Å². The van der Waals surface area contributed by atoms with E-state index in [4.69, 9.17) is 5.11 Å². The van der Waals surface area contributed by atoms with Crippen molar-refractivity contribution in [2.24, 2.45) is 0 Å². The molecule has 2 nitrogen and oxygen atoms in total. The predicted molar refractivity (Wildman–Crippen MR) is 67.4 cm³/mol. The third kappa shape index (κ3) is 3.05. The second kappa shape index (κ2) is 5.12. The van der Waals surface area contributed by atoms with Crippen LogP contribution in [0.1, 0.15) is 5.56 Å². The van der Waals surface area contributed by atoms with Gasteiger partial charge in [0, 0.05) is 6.08 Å². The van der Waals surface area contributed by atoms with Gasteiger partial charge in [-0.15, -0.1) is 0 Å². The van der Waals surface area contributed by atoms with Gasteiger partial charge in [0.05, 0.1) is 0 Å². The van der Waals surface area contributed by atoms with Crippen LogP contribution in [0.2, 0.25) is 0 Å². The molecule has 17 heavy (non-hydrogen) atoms. The van der Waals surface area contributed by atoms with Crippen molar-refractivity contribution in [2.45, 2.75) is 0 Å². The minimum Gasteiger partial charge on any atom is -0.478 e. The van der Waals surface area contributed by atoms with Crippen LogP contribution in [0, 0.1) is 6.07 Å². The van der Waals surface area contributed by atoms with E-state index in [0.717, 1.165) is 22.8 Å². The Balaban J connectivity index is 2.32. The van der Waals surface area contributed by atoms with Crippen molar-refractivity contribution in [3.63, 3.8) is 0 Å². The SMILES string of the molecule is O=C(O)C=Cc1cccc(-c2[c]cccc2)c1. The Morgan fingerprint density at radius 3 is 2.76 bits per heavy atom. The molecule has 0 saturated carbocycles. The van der Waals surface area contributed by atoms with Gasteiger partial charge in [-0.3, -0.25) is 0 Å². The first-order valence-electron chi connectivity index (χ1n) is 5.24. The summed E-state index contributed by atoms with van der Waals surface area (Å²) in [5.41, 5.74) is 2.89. The molecule has 0 saturated heterocycles. The van der Waals surface area contributed by atoms with Crippen LogP contribution < -0.4 is 0 Å². The Labute approximate surface area is 99.8 Å². The summed E-state index contributed by atoms with van der Waals surface area (Å²) in [5, 5.41) is 8.57. The van der Waals surface area contributed by atoms with E-state index in [-0.39, 0.29) is 0 Å². The van der Waals surface area contributed by atoms with Gasteiger partial charge < -0.3 is 5.11 Å². The monoisotopic (exact) mass is 223 g/mol. The number of carboxylic acids is 1. The highest BCUT2D eigenvalue weighted by molar-refractivity contribution is 5.85. The molecule has 0 amide bonds. The zero-order valence-corrected chi connectivity index (χ0v) is 9.13. The molecule has 2 aromatic rings. The molecule has 2 heteroatoms. The Hall–Kier alpha value is -2.35. The third-order valence-corrected chi connectivity index (χ3v) is 2.33. The van der Waals surface area contributed by atoms with E-state index < -0.39 is 5.97 Å². The molecule has 0 aliphatic rings. The van der Waals surface area contributed by atoms with E-state index >= 15 is 0 Å². The topological polar surface area (TPSA) is 37.3 Å². The van der Waals surface area contributed by atoms with Crippen molar-refractivity contribution in [1.82, 2.24) is 0 Å².